The van der Waals surface area contributed by atoms with Crippen molar-refractivity contribution in [2.75, 3.05) is 0 Å². The first-order valence-electron chi connectivity index (χ1n) is 8.77. The second-order valence-electron chi connectivity index (χ2n) is 6.32. The van der Waals surface area contributed by atoms with Gasteiger partial charge in [0.15, 0.2) is 0 Å². The van der Waals surface area contributed by atoms with E-state index in [9.17, 15) is 4.79 Å². The zero-order valence-electron chi connectivity index (χ0n) is 15.3. The molecule has 0 atom stereocenters. The van der Waals surface area contributed by atoms with E-state index in [0.29, 0.717) is 26.3 Å². The molecule has 0 fully saturated rings. The highest BCUT2D eigenvalue weighted by molar-refractivity contribution is 7.18. The molecule has 0 aliphatic heterocycles. The highest BCUT2D eigenvalue weighted by Crippen LogP contribution is 2.26. The van der Waals surface area contributed by atoms with Gasteiger partial charge in [-0.3, -0.25) is 4.79 Å². The van der Waals surface area contributed by atoms with Crippen LogP contribution in [0.25, 0.3) is 22.2 Å². The summed E-state index contributed by atoms with van der Waals surface area (Å²) in [6.07, 6.45) is 0. The SMILES string of the molecule is C/C(=N\NC(=O)c1cc(-c2ccc(Cl)cc2)nc2ccccc12)c1ccc(Cl)s1. The first-order chi connectivity index (χ1) is 14.0. The van der Waals surface area contributed by atoms with Gasteiger partial charge < -0.3 is 0 Å². The fraction of sp³-hybridized carbons (Fsp3) is 0.0455. The minimum Gasteiger partial charge on any atom is -0.267 e. The zero-order chi connectivity index (χ0) is 20.4. The topological polar surface area (TPSA) is 54.4 Å². The van der Waals surface area contributed by atoms with Gasteiger partial charge >= 0.3 is 0 Å². The molecule has 0 unspecified atom stereocenters. The maximum absolute atomic E-state index is 12.9. The Morgan fingerprint density at radius 2 is 1.79 bits per heavy atom. The molecule has 0 aliphatic rings. The molecule has 2 aromatic heterocycles. The number of thiophene rings is 1. The average molecular weight is 440 g/mol. The molecule has 0 spiro atoms. The zero-order valence-corrected chi connectivity index (χ0v) is 17.6. The van der Waals surface area contributed by atoms with Crippen molar-refractivity contribution < 1.29 is 4.79 Å². The quantitative estimate of drug-likeness (QED) is 0.294. The van der Waals surface area contributed by atoms with Crippen molar-refractivity contribution in [2.45, 2.75) is 6.92 Å². The molecule has 144 valence electrons. The van der Waals surface area contributed by atoms with Crippen LogP contribution in [-0.2, 0) is 0 Å². The van der Waals surface area contributed by atoms with E-state index < -0.39 is 0 Å². The van der Waals surface area contributed by atoms with Gasteiger partial charge in [0.1, 0.15) is 0 Å². The van der Waals surface area contributed by atoms with E-state index >= 15 is 0 Å². The summed E-state index contributed by atoms with van der Waals surface area (Å²) >= 11 is 13.4. The molecule has 0 radical (unpaired) electrons. The van der Waals surface area contributed by atoms with Crippen LogP contribution in [0, 0.1) is 0 Å². The van der Waals surface area contributed by atoms with Crippen molar-refractivity contribution in [3.63, 3.8) is 0 Å². The maximum Gasteiger partial charge on any atom is 0.272 e. The highest BCUT2D eigenvalue weighted by atomic mass is 35.5. The number of benzene rings is 2. The minimum absolute atomic E-state index is 0.305. The number of carbonyl (C=O) groups excluding carboxylic acids is 1. The summed E-state index contributed by atoms with van der Waals surface area (Å²) in [6.45, 7) is 1.83. The molecular formula is C22H15Cl2N3OS. The average Bonchev–Trinajstić information content (AvgIpc) is 3.18. The van der Waals surface area contributed by atoms with Crippen LogP contribution in [0.3, 0.4) is 0 Å². The summed E-state index contributed by atoms with van der Waals surface area (Å²) in [4.78, 5) is 18.5. The Morgan fingerprint density at radius 3 is 2.52 bits per heavy atom. The first-order valence-corrected chi connectivity index (χ1v) is 10.3. The lowest BCUT2D eigenvalue weighted by atomic mass is 10.0. The fourth-order valence-corrected chi connectivity index (χ4v) is 4.00. The first kappa shape index (κ1) is 19.6. The molecule has 4 aromatic rings. The largest absolute Gasteiger partial charge is 0.272 e. The predicted molar refractivity (Wildman–Crippen MR) is 121 cm³/mol. The fourth-order valence-electron chi connectivity index (χ4n) is 2.89. The van der Waals surface area contributed by atoms with Crippen molar-refractivity contribution in [1.82, 2.24) is 10.4 Å². The Hall–Kier alpha value is -2.73. The van der Waals surface area contributed by atoms with E-state index in [1.54, 1.807) is 24.3 Å². The van der Waals surface area contributed by atoms with Gasteiger partial charge in [-0.25, -0.2) is 10.4 Å². The van der Waals surface area contributed by atoms with Crippen LogP contribution < -0.4 is 5.43 Å². The number of carbonyl (C=O) groups is 1. The normalized spacial score (nSPS) is 11.6. The molecule has 2 heterocycles. The molecule has 4 rings (SSSR count). The van der Waals surface area contributed by atoms with Crippen LogP contribution in [-0.4, -0.2) is 16.6 Å². The summed E-state index contributed by atoms with van der Waals surface area (Å²) < 4.78 is 0.675. The van der Waals surface area contributed by atoms with Crippen molar-refractivity contribution in [3.8, 4) is 11.3 Å². The highest BCUT2D eigenvalue weighted by Gasteiger charge is 2.14. The number of aromatic nitrogens is 1. The Bertz CT molecular complexity index is 1230. The van der Waals surface area contributed by atoms with E-state index in [-0.39, 0.29) is 5.91 Å². The smallest absolute Gasteiger partial charge is 0.267 e. The standard InChI is InChI=1S/C22H15Cl2N3OS/c1-13(20-10-11-21(24)29-20)26-27-22(28)17-12-19(14-6-8-15(23)9-7-14)25-18-5-3-2-4-16(17)18/h2-12H,1H3,(H,27,28)/b26-13+. The number of fused-ring (bicyclic) bond motifs is 1. The second-order valence-corrected chi connectivity index (χ2v) is 8.47. The van der Waals surface area contributed by atoms with E-state index in [4.69, 9.17) is 28.2 Å². The number of pyridine rings is 1. The Balaban J connectivity index is 1.71. The molecule has 1 N–H and O–H groups in total. The minimum atomic E-state index is -0.305. The van der Waals surface area contributed by atoms with E-state index in [1.807, 2.05) is 49.4 Å². The number of rotatable bonds is 4. The van der Waals surface area contributed by atoms with Crippen molar-refractivity contribution in [2.24, 2.45) is 5.10 Å². The number of hydrazone groups is 1. The molecule has 4 nitrogen and oxygen atoms in total. The molecule has 0 saturated heterocycles. The number of nitrogens with zero attached hydrogens (tertiary/aromatic N) is 2. The summed E-state index contributed by atoms with van der Waals surface area (Å²) in [7, 11) is 0. The molecule has 7 heteroatoms. The van der Waals surface area contributed by atoms with Crippen LogP contribution in [0.15, 0.2) is 71.8 Å². The Labute approximate surface area is 181 Å². The Kier molecular flexibility index (Phi) is 5.62. The molecule has 0 saturated carbocycles. The van der Waals surface area contributed by atoms with Gasteiger partial charge in [0.05, 0.1) is 31.7 Å². The third-order valence-corrected chi connectivity index (χ3v) is 5.95. The van der Waals surface area contributed by atoms with Gasteiger partial charge in [-0.2, -0.15) is 5.10 Å². The lowest BCUT2D eigenvalue weighted by Gasteiger charge is -2.09. The van der Waals surface area contributed by atoms with Gasteiger partial charge in [0, 0.05) is 16.0 Å². The van der Waals surface area contributed by atoms with E-state index in [2.05, 4.69) is 10.5 Å². The number of para-hydroxylation sites is 1. The van der Waals surface area contributed by atoms with Gasteiger partial charge in [-0.1, -0.05) is 53.5 Å². The van der Waals surface area contributed by atoms with Crippen LogP contribution in [0.2, 0.25) is 9.36 Å². The van der Waals surface area contributed by atoms with Gasteiger partial charge in [-0.05, 0) is 43.3 Å². The molecule has 1 amide bonds. The van der Waals surface area contributed by atoms with E-state index in [1.165, 1.54) is 11.3 Å². The van der Waals surface area contributed by atoms with Crippen LogP contribution in [0.5, 0.6) is 0 Å². The van der Waals surface area contributed by atoms with Crippen LogP contribution in [0.4, 0.5) is 0 Å². The van der Waals surface area contributed by atoms with Crippen molar-refractivity contribution in [1.29, 1.82) is 0 Å². The lowest BCUT2D eigenvalue weighted by molar-refractivity contribution is 0.0956. The van der Waals surface area contributed by atoms with Crippen LogP contribution in [0.1, 0.15) is 22.2 Å². The third kappa shape index (κ3) is 4.32. The number of nitrogens with one attached hydrogen (secondary N) is 1. The summed E-state index contributed by atoms with van der Waals surface area (Å²) in [5, 5.41) is 5.64. The monoisotopic (exact) mass is 439 g/mol. The number of hydrogen-bond donors (Lipinski definition) is 1. The molecule has 0 bridgehead atoms. The maximum atomic E-state index is 12.9. The number of halogens is 2. The van der Waals surface area contributed by atoms with Crippen LogP contribution >= 0.6 is 34.5 Å². The van der Waals surface area contributed by atoms with Gasteiger partial charge in [-0.15, -0.1) is 11.3 Å². The number of amides is 1. The summed E-state index contributed by atoms with van der Waals surface area (Å²) in [5.41, 5.74) is 6.14. The third-order valence-electron chi connectivity index (χ3n) is 4.36. The van der Waals surface area contributed by atoms with Gasteiger partial charge in [0.2, 0.25) is 0 Å². The second kappa shape index (κ2) is 8.33. The summed E-state index contributed by atoms with van der Waals surface area (Å²) in [6, 6.07) is 20.3. The Morgan fingerprint density at radius 1 is 1.03 bits per heavy atom. The number of hydrogen-bond acceptors (Lipinski definition) is 4. The van der Waals surface area contributed by atoms with Gasteiger partial charge in [0.25, 0.3) is 5.91 Å². The summed E-state index contributed by atoms with van der Waals surface area (Å²) in [5.74, 6) is -0.305. The lowest BCUT2D eigenvalue weighted by Crippen LogP contribution is -2.19. The molecule has 29 heavy (non-hydrogen) atoms. The molecule has 2 aromatic carbocycles. The van der Waals surface area contributed by atoms with Crippen molar-refractivity contribution in [3.05, 3.63) is 86.5 Å². The molecule has 0 aliphatic carbocycles. The molecular weight excluding hydrogens is 425 g/mol. The van der Waals surface area contributed by atoms with Crippen molar-refractivity contribution >= 4 is 57.1 Å². The predicted octanol–water partition coefficient (Wildman–Crippen LogP) is 6.42. The van der Waals surface area contributed by atoms with E-state index in [0.717, 1.165) is 21.3 Å².